The molecule has 23 heavy (non-hydrogen) atoms. The van der Waals surface area contributed by atoms with Gasteiger partial charge < -0.3 is 5.32 Å². The van der Waals surface area contributed by atoms with Crippen LogP contribution in [0.2, 0.25) is 0 Å². The molecule has 1 aliphatic rings. The van der Waals surface area contributed by atoms with Crippen LogP contribution in [0.1, 0.15) is 5.56 Å². The molecule has 0 fully saturated rings. The molecule has 0 spiro atoms. The third kappa shape index (κ3) is 2.63. The molecule has 1 unspecified atom stereocenters. The summed E-state index contributed by atoms with van der Waals surface area (Å²) in [5.41, 5.74) is -2.54. The quantitative estimate of drug-likeness (QED) is 0.767. The van der Waals surface area contributed by atoms with E-state index in [1.807, 2.05) is 0 Å². The number of rotatable bonds is 3. The molecule has 1 amide bonds. The molecule has 0 radical (unpaired) electrons. The standard InChI is InChI=1S/C15H11F3N4O/c16-15(17,18)14(21-11-8-4-5-9-19-11)13(23)20-12(22-14)10-6-2-1-3-7-10/h1-9H,(H,19,21)(H,20,22,23)/p+1. The minimum absolute atomic E-state index is 0.0173. The van der Waals surface area contributed by atoms with Gasteiger partial charge in [-0.15, -0.1) is 0 Å². The molecule has 0 bridgehead atoms. The van der Waals surface area contributed by atoms with E-state index in [1.165, 1.54) is 18.3 Å². The molecule has 3 N–H and O–H groups in total. The zero-order chi connectivity index (χ0) is 16.5. The van der Waals surface area contributed by atoms with Crippen LogP contribution in [0.5, 0.6) is 0 Å². The number of hydrogen-bond donors (Lipinski definition) is 3. The zero-order valence-corrected chi connectivity index (χ0v) is 11.7. The number of amides is 1. The molecule has 1 atom stereocenters. The van der Waals surface area contributed by atoms with Crippen LogP contribution in [0.4, 0.5) is 19.0 Å². The highest BCUT2D eigenvalue weighted by molar-refractivity contribution is 6.11. The lowest BCUT2D eigenvalue weighted by Crippen LogP contribution is -2.94. The Balaban J connectivity index is 2.06. The van der Waals surface area contributed by atoms with Crippen LogP contribution in [-0.4, -0.2) is 28.6 Å². The van der Waals surface area contributed by atoms with E-state index in [2.05, 4.69) is 20.6 Å². The van der Waals surface area contributed by atoms with Crippen LogP contribution in [0, 0.1) is 0 Å². The Morgan fingerprint density at radius 2 is 1.78 bits per heavy atom. The number of pyridine rings is 1. The fourth-order valence-electron chi connectivity index (χ4n) is 2.22. The SMILES string of the molecule is O=C1NC(c2ccccc2)=[NH+]C1(Nc1ccccn1)C(F)(F)F. The van der Waals surface area contributed by atoms with Crippen molar-refractivity contribution in [3.8, 4) is 0 Å². The predicted octanol–water partition coefficient (Wildman–Crippen LogP) is 0.409. The van der Waals surface area contributed by atoms with Gasteiger partial charge in [-0.1, -0.05) is 24.3 Å². The molecule has 8 heteroatoms. The van der Waals surface area contributed by atoms with Gasteiger partial charge in [-0.3, -0.25) is 0 Å². The number of carbonyl (C=O) groups is 1. The van der Waals surface area contributed by atoms with Crippen molar-refractivity contribution in [2.45, 2.75) is 11.8 Å². The van der Waals surface area contributed by atoms with Crippen LogP contribution >= 0.6 is 0 Å². The maximum Gasteiger partial charge on any atom is 0.465 e. The molecule has 1 aromatic carbocycles. The Bertz CT molecular complexity index is 746. The van der Waals surface area contributed by atoms with Gasteiger partial charge in [0.25, 0.3) is 5.84 Å². The lowest BCUT2D eigenvalue weighted by atomic mass is 10.1. The second-order valence-electron chi connectivity index (χ2n) is 4.91. The summed E-state index contributed by atoms with van der Waals surface area (Å²) in [6.45, 7) is 0. The summed E-state index contributed by atoms with van der Waals surface area (Å²) in [7, 11) is 0. The van der Waals surface area contributed by atoms with Gasteiger partial charge in [-0.2, -0.15) is 13.2 Å². The first kappa shape index (κ1) is 15.0. The summed E-state index contributed by atoms with van der Waals surface area (Å²) in [6, 6.07) is 12.7. The first-order chi connectivity index (χ1) is 10.9. The van der Waals surface area contributed by atoms with E-state index in [4.69, 9.17) is 0 Å². The van der Waals surface area contributed by atoms with Crippen LogP contribution in [0.25, 0.3) is 0 Å². The van der Waals surface area contributed by atoms with Crippen LogP contribution in [-0.2, 0) is 4.79 Å². The van der Waals surface area contributed by atoms with Crippen molar-refractivity contribution in [1.29, 1.82) is 0 Å². The van der Waals surface area contributed by atoms with Crippen LogP contribution in [0.15, 0.2) is 54.7 Å². The largest absolute Gasteiger partial charge is 0.465 e. The molecule has 0 aliphatic carbocycles. The Labute approximate surface area is 129 Å². The van der Waals surface area contributed by atoms with Crippen molar-refractivity contribution in [1.82, 2.24) is 10.3 Å². The van der Waals surface area contributed by atoms with Gasteiger partial charge >= 0.3 is 17.7 Å². The molecule has 0 saturated carbocycles. The first-order valence-electron chi connectivity index (χ1n) is 6.70. The fourth-order valence-corrected chi connectivity index (χ4v) is 2.22. The Morgan fingerprint density at radius 3 is 2.39 bits per heavy atom. The molecule has 5 nitrogen and oxygen atoms in total. The normalized spacial score (nSPS) is 20.8. The maximum atomic E-state index is 13.6. The molecule has 1 aliphatic heterocycles. The number of nitrogens with zero attached hydrogens (tertiary/aromatic N) is 1. The second-order valence-corrected chi connectivity index (χ2v) is 4.91. The summed E-state index contributed by atoms with van der Waals surface area (Å²) in [5, 5.41) is 4.41. The van der Waals surface area contributed by atoms with Crippen molar-refractivity contribution >= 4 is 17.6 Å². The number of alkyl halides is 3. The van der Waals surface area contributed by atoms with Crippen LogP contribution < -0.4 is 15.6 Å². The molecule has 0 saturated heterocycles. The monoisotopic (exact) mass is 321 g/mol. The summed E-state index contributed by atoms with van der Waals surface area (Å²) >= 11 is 0. The number of hydrogen-bond acceptors (Lipinski definition) is 3. The number of aromatic nitrogens is 1. The number of nitrogens with one attached hydrogen (secondary N) is 3. The van der Waals surface area contributed by atoms with Crippen LogP contribution in [0.3, 0.4) is 0 Å². The third-order valence-electron chi connectivity index (χ3n) is 3.36. The van der Waals surface area contributed by atoms with E-state index in [0.29, 0.717) is 5.56 Å². The predicted molar refractivity (Wildman–Crippen MR) is 76.3 cm³/mol. The fraction of sp³-hybridized carbons (Fsp3) is 0.133. The lowest BCUT2D eigenvalue weighted by Gasteiger charge is -2.23. The topological polar surface area (TPSA) is 68.0 Å². The molecular formula is C15H12F3N4O+. The van der Waals surface area contributed by atoms with Crippen molar-refractivity contribution in [3.63, 3.8) is 0 Å². The molecule has 1 aromatic heterocycles. The highest BCUT2D eigenvalue weighted by Crippen LogP contribution is 2.29. The van der Waals surface area contributed by atoms with E-state index in [0.717, 1.165) is 0 Å². The molecule has 3 rings (SSSR count). The summed E-state index contributed by atoms with van der Waals surface area (Å²) < 4.78 is 40.8. The number of halogens is 3. The average molecular weight is 321 g/mol. The summed E-state index contributed by atoms with van der Waals surface area (Å²) in [4.78, 5) is 18.2. The van der Waals surface area contributed by atoms with Gasteiger partial charge in [-0.05, 0) is 24.3 Å². The third-order valence-corrected chi connectivity index (χ3v) is 3.36. The van der Waals surface area contributed by atoms with Crippen molar-refractivity contribution in [2.75, 3.05) is 5.32 Å². The summed E-state index contributed by atoms with van der Waals surface area (Å²) in [5.74, 6) is -1.33. The number of carbonyl (C=O) groups excluding carboxylic acids is 1. The van der Waals surface area contributed by atoms with E-state index >= 15 is 0 Å². The van der Waals surface area contributed by atoms with Gasteiger partial charge in [0.2, 0.25) is 0 Å². The van der Waals surface area contributed by atoms with Crippen molar-refractivity contribution in [3.05, 3.63) is 60.3 Å². The van der Waals surface area contributed by atoms with Gasteiger partial charge in [0.1, 0.15) is 5.82 Å². The zero-order valence-electron chi connectivity index (χ0n) is 11.7. The van der Waals surface area contributed by atoms with E-state index in [1.54, 1.807) is 36.4 Å². The van der Waals surface area contributed by atoms with E-state index in [-0.39, 0.29) is 11.7 Å². The molecule has 2 heterocycles. The van der Waals surface area contributed by atoms with Crippen molar-refractivity contribution in [2.24, 2.45) is 0 Å². The maximum absolute atomic E-state index is 13.6. The average Bonchev–Trinajstić information content (AvgIpc) is 2.87. The molecule has 2 aromatic rings. The van der Waals surface area contributed by atoms with Gasteiger partial charge in [-0.25, -0.2) is 20.1 Å². The number of anilines is 1. The Kier molecular flexibility index (Phi) is 3.51. The first-order valence-corrected chi connectivity index (χ1v) is 6.70. The van der Waals surface area contributed by atoms with Gasteiger partial charge in [0, 0.05) is 6.20 Å². The Hall–Kier alpha value is -2.90. The number of amidine groups is 1. The van der Waals surface area contributed by atoms with Gasteiger partial charge in [0.05, 0.1) is 5.56 Å². The minimum atomic E-state index is -4.88. The smallest absolute Gasteiger partial charge is 0.312 e. The molecule has 118 valence electrons. The molecular weight excluding hydrogens is 309 g/mol. The number of benzene rings is 1. The Morgan fingerprint density at radius 1 is 1.09 bits per heavy atom. The highest BCUT2D eigenvalue weighted by Gasteiger charge is 2.69. The van der Waals surface area contributed by atoms with E-state index < -0.39 is 17.7 Å². The minimum Gasteiger partial charge on any atom is -0.312 e. The second kappa shape index (κ2) is 5.38. The van der Waals surface area contributed by atoms with Crippen molar-refractivity contribution < 1.29 is 23.0 Å². The van der Waals surface area contributed by atoms with E-state index in [9.17, 15) is 18.0 Å². The highest BCUT2D eigenvalue weighted by atomic mass is 19.4. The summed E-state index contributed by atoms with van der Waals surface area (Å²) in [6.07, 6.45) is -3.55. The lowest BCUT2D eigenvalue weighted by molar-refractivity contribution is -0.566. The van der Waals surface area contributed by atoms with Gasteiger partial charge in [0.15, 0.2) is 0 Å².